The average molecular weight is 323 g/mol. The average Bonchev–Trinajstić information content (AvgIpc) is 2.95. The lowest BCUT2D eigenvalue weighted by Crippen LogP contribution is -2.22. The molecule has 2 N–H and O–H groups in total. The Morgan fingerprint density at radius 3 is 2.84 bits per heavy atom. The van der Waals surface area contributed by atoms with Crippen LogP contribution in [0.1, 0.15) is 5.69 Å². The highest BCUT2D eigenvalue weighted by atomic mass is 35.5. The smallest absolute Gasteiger partial charge is 0.281 e. The number of hydrogen-bond donors (Lipinski definition) is 2. The minimum Gasteiger partial charge on any atom is -0.281 e. The molecule has 8 nitrogen and oxygen atoms in total. The second-order valence-corrected chi connectivity index (χ2v) is 7.04. The lowest BCUT2D eigenvalue weighted by molar-refractivity contribution is -0.384. The Labute approximate surface area is 116 Å². The van der Waals surface area contributed by atoms with Gasteiger partial charge in [0.1, 0.15) is 4.21 Å². The first-order valence-corrected chi connectivity index (χ1v) is 7.49. The molecular formula is C8H7ClN4O4S2. The second kappa shape index (κ2) is 5.25. The van der Waals surface area contributed by atoms with Crippen LogP contribution in [0.15, 0.2) is 22.5 Å². The molecule has 0 bridgehead atoms. The van der Waals surface area contributed by atoms with Crippen molar-refractivity contribution in [1.29, 1.82) is 0 Å². The molecule has 2 rings (SSSR count). The van der Waals surface area contributed by atoms with Crippen molar-refractivity contribution < 1.29 is 13.3 Å². The van der Waals surface area contributed by atoms with Gasteiger partial charge >= 0.3 is 0 Å². The largest absolute Gasteiger partial charge is 0.300 e. The van der Waals surface area contributed by atoms with E-state index >= 15 is 0 Å². The van der Waals surface area contributed by atoms with Gasteiger partial charge in [0.15, 0.2) is 4.34 Å². The van der Waals surface area contributed by atoms with Gasteiger partial charge in [0.05, 0.1) is 17.2 Å². The van der Waals surface area contributed by atoms with Gasteiger partial charge in [0.2, 0.25) is 0 Å². The highest BCUT2D eigenvalue weighted by Crippen LogP contribution is 2.36. The van der Waals surface area contributed by atoms with Gasteiger partial charge in [-0.3, -0.25) is 15.2 Å². The highest BCUT2D eigenvalue weighted by Gasteiger charge is 2.25. The zero-order chi connectivity index (χ0) is 14.0. The van der Waals surface area contributed by atoms with Crippen LogP contribution in [0, 0.1) is 10.1 Å². The van der Waals surface area contributed by atoms with Crippen LogP contribution in [0.5, 0.6) is 0 Å². The molecule has 19 heavy (non-hydrogen) atoms. The molecule has 0 aromatic carbocycles. The molecule has 0 amide bonds. The van der Waals surface area contributed by atoms with E-state index in [1.165, 1.54) is 6.20 Å². The van der Waals surface area contributed by atoms with Crippen LogP contribution in [-0.2, 0) is 16.6 Å². The van der Waals surface area contributed by atoms with E-state index in [1.807, 2.05) is 0 Å². The minimum atomic E-state index is -3.84. The molecule has 0 fully saturated rings. The third-order valence-electron chi connectivity index (χ3n) is 2.12. The molecule has 0 aliphatic rings. The number of nitro groups is 1. The molecule has 2 aromatic heterocycles. The normalized spacial score (nSPS) is 11.6. The Balaban J connectivity index is 2.20. The minimum absolute atomic E-state index is 0.00561. The number of thiophene rings is 1. The predicted octanol–water partition coefficient (Wildman–Crippen LogP) is 1.51. The van der Waals surface area contributed by atoms with E-state index < -0.39 is 20.6 Å². The summed E-state index contributed by atoms with van der Waals surface area (Å²) >= 11 is 6.25. The van der Waals surface area contributed by atoms with Crippen molar-refractivity contribution >= 4 is 38.6 Å². The summed E-state index contributed by atoms with van der Waals surface area (Å²) in [6.45, 7) is 0.00561. The fourth-order valence-corrected chi connectivity index (χ4v) is 3.94. The molecule has 0 radical (unpaired) electrons. The van der Waals surface area contributed by atoms with E-state index in [0.29, 0.717) is 17.0 Å². The molecule has 0 saturated carbocycles. The summed E-state index contributed by atoms with van der Waals surface area (Å²) in [5, 5.41) is 16.9. The number of rotatable bonds is 5. The summed E-state index contributed by atoms with van der Waals surface area (Å²) < 4.78 is 25.7. The summed E-state index contributed by atoms with van der Waals surface area (Å²) in [4.78, 5) is 9.88. The topological polar surface area (TPSA) is 118 Å². The summed E-state index contributed by atoms with van der Waals surface area (Å²) in [5.74, 6) is 0. The Morgan fingerprint density at radius 1 is 1.58 bits per heavy atom. The molecule has 0 atom stereocenters. The highest BCUT2D eigenvalue weighted by molar-refractivity contribution is 7.91. The van der Waals surface area contributed by atoms with E-state index in [-0.39, 0.29) is 15.1 Å². The maximum atomic E-state index is 11.9. The molecule has 0 unspecified atom stereocenters. The number of hydrogen-bond acceptors (Lipinski definition) is 6. The van der Waals surface area contributed by atoms with Crippen LogP contribution in [0.4, 0.5) is 5.69 Å². The first-order valence-electron chi connectivity index (χ1n) is 4.82. The predicted molar refractivity (Wildman–Crippen MR) is 68.6 cm³/mol. The number of aromatic nitrogens is 2. The Hall–Kier alpha value is -1.49. The SMILES string of the molecule is O=[N+]([O-])c1cc(S(=O)(=O)NCc2ccn[nH]2)sc1Cl. The first-order chi connectivity index (χ1) is 8.90. The fourth-order valence-electron chi connectivity index (χ4n) is 1.22. The van der Waals surface area contributed by atoms with Crippen molar-refractivity contribution in [2.24, 2.45) is 0 Å². The van der Waals surface area contributed by atoms with Gasteiger partial charge in [0.25, 0.3) is 15.7 Å². The van der Waals surface area contributed by atoms with Gasteiger partial charge in [-0.2, -0.15) is 5.10 Å². The molecule has 2 aromatic rings. The van der Waals surface area contributed by atoms with Crippen molar-refractivity contribution in [2.75, 3.05) is 0 Å². The third kappa shape index (κ3) is 3.10. The maximum absolute atomic E-state index is 11.9. The van der Waals surface area contributed by atoms with E-state index in [9.17, 15) is 18.5 Å². The molecule has 102 valence electrons. The quantitative estimate of drug-likeness (QED) is 0.639. The number of sulfonamides is 1. The van der Waals surface area contributed by atoms with Gasteiger partial charge in [-0.1, -0.05) is 11.6 Å². The van der Waals surface area contributed by atoms with E-state index in [1.54, 1.807) is 6.07 Å². The lowest BCUT2D eigenvalue weighted by Gasteiger charge is -2.01. The van der Waals surface area contributed by atoms with Gasteiger partial charge in [-0.15, -0.1) is 11.3 Å². The zero-order valence-corrected chi connectivity index (χ0v) is 11.5. The van der Waals surface area contributed by atoms with Crippen molar-refractivity contribution in [3.05, 3.63) is 38.5 Å². The number of nitrogens with zero attached hydrogens (tertiary/aromatic N) is 2. The van der Waals surface area contributed by atoms with E-state index in [2.05, 4.69) is 14.9 Å². The summed E-state index contributed by atoms with van der Waals surface area (Å²) in [6.07, 6.45) is 1.48. The molecule has 0 aliphatic heterocycles. The molecule has 2 heterocycles. The van der Waals surface area contributed by atoms with Gasteiger partial charge in [-0.25, -0.2) is 13.1 Å². The Morgan fingerprint density at radius 2 is 2.32 bits per heavy atom. The molecular weight excluding hydrogens is 316 g/mol. The second-order valence-electron chi connectivity index (χ2n) is 3.39. The zero-order valence-electron chi connectivity index (χ0n) is 9.16. The van der Waals surface area contributed by atoms with Crippen LogP contribution in [0.3, 0.4) is 0 Å². The van der Waals surface area contributed by atoms with Crippen LogP contribution in [-0.4, -0.2) is 23.5 Å². The molecule has 11 heteroatoms. The van der Waals surface area contributed by atoms with E-state index in [0.717, 1.165) is 6.07 Å². The maximum Gasteiger partial charge on any atom is 0.300 e. The van der Waals surface area contributed by atoms with Gasteiger partial charge in [0, 0.05) is 12.3 Å². The van der Waals surface area contributed by atoms with Crippen LogP contribution < -0.4 is 4.72 Å². The fraction of sp³-hybridized carbons (Fsp3) is 0.125. The van der Waals surface area contributed by atoms with Crippen molar-refractivity contribution in [2.45, 2.75) is 10.8 Å². The number of aromatic amines is 1. The summed E-state index contributed by atoms with van der Waals surface area (Å²) in [6, 6.07) is 2.54. The van der Waals surface area contributed by atoms with Crippen molar-refractivity contribution in [3.63, 3.8) is 0 Å². The number of H-pyrrole nitrogens is 1. The van der Waals surface area contributed by atoms with Crippen LogP contribution in [0.2, 0.25) is 4.34 Å². The van der Waals surface area contributed by atoms with Gasteiger partial charge < -0.3 is 0 Å². The molecule has 0 aliphatic carbocycles. The van der Waals surface area contributed by atoms with Crippen molar-refractivity contribution in [1.82, 2.24) is 14.9 Å². The van der Waals surface area contributed by atoms with Crippen LogP contribution >= 0.6 is 22.9 Å². The molecule has 0 saturated heterocycles. The monoisotopic (exact) mass is 322 g/mol. The van der Waals surface area contributed by atoms with E-state index in [4.69, 9.17) is 11.6 Å². The van der Waals surface area contributed by atoms with Gasteiger partial charge in [-0.05, 0) is 6.07 Å². The standard InChI is InChI=1S/C8H7ClN4O4S2/c9-8-6(13(14)15)3-7(18-8)19(16,17)11-4-5-1-2-10-12-5/h1-3,11H,4H2,(H,10,12). The third-order valence-corrected chi connectivity index (χ3v) is 5.33. The van der Waals surface area contributed by atoms with Crippen molar-refractivity contribution in [3.8, 4) is 0 Å². The molecule has 0 spiro atoms. The Kier molecular flexibility index (Phi) is 3.85. The summed E-state index contributed by atoms with van der Waals surface area (Å²) in [5.41, 5.74) is 0.148. The summed E-state index contributed by atoms with van der Waals surface area (Å²) in [7, 11) is -3.84. The Bertz CT molecular complexity index is 694. The lowest BCUT2D eigenvalue weighted by atomic mass is 10.4. The number of nitrogens with one attached hydrogen (secondary N) is 2. The number of halogens is 1. The first kappa shape index (κ1) is 13.9. The van der Waals surface area contributed by atoms with Crippen LogP contribution in [0.25, 0.3) is 0 Å².